The number of ether oxygens (including phenoxy) is 2. The van der Waals surface area contributed by atoms with E-state index in [9.17, 15) is 8.78 Å². The standard InChI is InChI=1S/C19H21F2N5O2/c1-11-13(10-23-26(11)2)9-22-19-24-14(8-15(25-19)18(20)21)12-5-6-16(27-3)17(7-12)28-4/h5-8,10,18H,9H2,1-4H3,(H,22,24,25). The fraction of sp³-hybridized carbons (Fsp3) is 0.316. The average Bonchev–Trinajstić information content (AvgIpc) is 3.03. The highest BCUT2D eigenvalue weighted by Gasteiger charge is 2.16. The molecule has 0 bridgehead atoms. The first-order chi connectivity index (χ1) is 13.4. The van der Waals surface area contributed by atoms with Gasteiger partial charge in [0.25, 0.3) is 6.43 Å². The second-order valence-electron chi connectivity index (χ2n) is 6.10. The van der Waals surface area contributed by atoms with Gasteiger partial charge in [-0.25, -0.2) is 18.7 Å². The minimum Gasteiger partial charge on any atom is -0.493 e. The first-order valence-electron chi connectivity index (χ1n) is 8.53. The van der Waals surface area contributed by atoms with Crippen molar-refractivity contribution in [2.24, 2.45) is 7.05 Å². The van der Waals surface area contributed by atoms with Crippen molar-refractivity contribution in [2.45, 2.75) is 19.9 Å². The SMILES string of the molecule is COc1ccc(-c2cc(C(F)F)nc(NCc3cnn(C)c3C)n2)cc1OC. The molecule has 0 amide bonds. The number of rotatable bonds is 7. The van der Waals surface area contributed by atoms with E-state index in [-0.39, 0.29) is 11.6 Å². The highest BCUT2D eigenvalue weighted by molar-refractivity contribution is 5.65. The maximum absolute atomic E-state index is 13.4. The first-order valence-corrected chi connectivity index (χ1v) is 8.53. The summed E-state index contributed by atoms with van der Waals surface area (Å²) in [5.41, 5.74) is 2.52. The average molecular weight is 389 g/mol. The van der Waals surface area contributed by atoms with Crippen LogP contribution in [0.3, 0.4) is 0 Å². The monoisotopic (exact) mass is 389 g/mol. The van der Waals surface area contributed by atoms with Gasteiger partial charge in [0.2, 0.25) is 5.95 Å². The van der Waals surface area contributed by atoms with E-state index in [0.29, 0.717) is 29.3 Å². The normalized spacial score (nSPS) is 11.0. The minimum atomic E-state index is -2.72. The molecular weight excluding hydrogens is 368 g/mol. The molecule has 9 heteroatoms. The maximum atomic E-state index is 13.4. The molecule has 0 aliphatic rings. The van der Waals surface area contributed by atoms with Crippen LogP contribution in [0.2, 0.25) is 0 Å². The molecule has 148 valence electrons. The number of methoxy groups -OCH3 is 2. The summed E-state index contributed by atoms with van der Waals surface area (Å²) in [6.07, 6.45) is -1.00. The summed E-state index contributed by atoms with van der Waals surface area (Å²) in [5.74, 6) is 1.14. The molecule has 0 aliphatic heterocycles. The molecular formula is C19H21F2N5O2. The van der Waals surface area contributed by atoms with Crippen molar-refractivity contribution < 1.29 is 18.3 Å². The lowest BCUT2D eigenvalue weighted by molar-refractivity contribution is 0.146. The molecule has 7 nitrogen and oxygen atoms in total. The van der Waals surface area contributed by atoms with Crippen LogP contribution in [0, 0.1) is 6.92 Å². The Morgan fingerprint density at radius 2 is 1.86 bits per heavy atom. The van der Waals surface area contributed by atoms with Crippen molar-refractivity contribution in [3.63, 3.8) is 0 Å². The molecule has 0 aliphatic carbocycles. The van der Waals surface area contributed by atoms with Crippen LogP contribution in [0.25, 0.3) is 11.3 Å². The lowest BCUT2D eigenvalue weighted by Gasteiger charge is -2.12. The van der Waals surface area contributed by atoms with Crippen molar-refractivity contribution in [1.29, 1.82) is 0 Å². The molecule has 1 aromatic carbocycles. The third-order valence-corrected chi connectivity index (χ3v) is 4.42. The van der Waals surface area contributed by atoms with Crippen LogP contribution >= 0.6 is 0 Å². The predicted molar refractivity (Wildman–Crippen MR) is 101 cm³/mol. The molecule has 0 spiro atoms. The van der Waals surface area contributed by atoms with Gasteiger partial charge in [-0.15, -0.1) is 0 Å². The lowest BCUT2D eigenvalue weighted by atomic mass is 10.1. The van der Waals surface area contributed by atoms with E-state index in [2.05, 4.69) is 20.4 Å². The van der Waals surface area contributed by atoms with Gasteiger partial charge in [0.05, 0.1) is 26.1 Å². The van der Waals surface area contributed by atoms with Crippen molar-refractivity contribution in [1.82, 2.24) is 19.7 Å². The Labute approximate surface area is 161 Å². The Balaban J connectivity index is 1.94. The topological polar surface area (TPSA) is 74.1 Å². The molecule has 1 N–H and O–H groups in total. The fourth-order valence-electron chi connectivity index (χ4n) is 2.69. The number of aromatic nitrogens is 4. The third-order valence-electron chi connectivity index (χ3n) is 4.42. The zero-order valence-electron chi connectivity index (χ0n) is 16.0. The van der Waals surface area contributed by atoms with Crippen LogP contribution < -0.4 is 14.8 Å². The molecule has 0 radical (unpaired) electrons. The summed E-state index contributed by atoms with van der Waals surface area (Å²) < 4.78 is 39.0. The summed E-state index contributed by atoms with van der Waals surface area (Å²) in [4.78, 5) is 8.32. The fourth-order valence-corrected chi connectivity index (χ4v) is 2.69. The summed E-state index contributed by atoms with van der Waals surface area (Å²) in [6, 6.07) is 6.39. The van der Waals surface area contributed by atoms with Crippen LogP contribution in [-0.2, 0) is 13.6 Å². The van der Waals surface area contributed by atoms with E-state index in [1.807, 2.05) is 14.0 Å². The molecule has 0 saturated carbocycles. The molecule has 3 rings (SSSR count). The van der Waals surface area contributed by atoms with Crippen LogP contribution in [0.4, 0.5) is 14.7 Å². The Kier molecular flexibility index (Phi) is 5.72. The molecule has 2 heterocycles. The van der Waals surface area contributed by atoms with Gasteiger partial charge in [0.15, 0.2) is 11.5 Å². The third kappa shape index (κ3) is 4.03. The van der Waals surface area contributed by atoms with Gasteiger partial charge < -0.3 is 14.8 Å². The van der Waals surface area contributed by atoms with Crippen LogP contribution in [0.1, 0.15) is 23.4 Å². The van der Waals surface area contributed by atoms with Crippen molar-refractivity contribution in [2.75, 3.05) is 19.5 Å². The number of nitrogens with zero attached hydrogens (tertiary/aromatic N) is 4. The summed E-state index contributed by atoms with van der Waals surface area (Å²) in [6.45, 7) is 2.30. The van der Waals surface area contributed by atoms with Gasteiger partial charge in [-0.1, -0.05) is 0 Å². The van der Waals surface area contributed by atoms with Crippen LogP contribution in [-0.4, -0.2) is 34.0 Å². The number of alkyl halides is 2. The van der Waals surface area contributed by atoms with Gasteiger partial charge in [0, 0.05) is 30.4 Å². The number of halogens is 2. The summed E-state index contributed by atoms with van der Waals surface area (Å²) in [5, 5.41) is 7.17. The molecule has 0 atom stereocenters. The second-order valence-corrected chi connectivity index (χ2v) is 6.10. The van der Waals surface area contributed by atoms with Crippen LogP contribution in [0.15, 0.2) is 30.5 Å². The minimum absolute atomic E-state index is 0.117. The Morgan fingerprint density at radius 1 is 1.11 bits per heavy atom. The van der Waals surface area contributed by atoms with Gasteiger partial charge >= 0.3 is 0 Å². The molecule has 3 aromatic rings. The van der Waals surface area contributed by atoms with Crippen LogP contribution in [0.5, 0.6) is 11.5 Å². The number of nitrogens with one attached hydrogen (secondary N) is 1. The smallest absolute Gasteiger partial charge is 0.280 e. The highest BCUT2D eigenvalue weighted by Crippen LogP contribution is 2.33. The Morgan fingerprint density at radius 3 is 2.46 bits per heavy atom. The number of benzene rings is 1. The van der Waals surface area contributed by atoms with E-state index in [1.54, 1.807) is 29.1 Å². The molecule has 28 heavy (non-hydrogen) atoms. The van der Waals surface area contributed by atoms with Gasteiger partial charge in [-0.3, -0.25) is 4.68 Å². The van der Waals surface area contributed by atoms with Crippen molar-refractivity contribution >= 4 is 5.95 Å². The van der Waals surface area contributed by atoms with Gasteiger partial charge in [-0.05, 0) is 31.2 Å². The first kappa shape index (κ1) is 19.5. The lowest BCUT2D eigenvalue weighted by Crippen LogP contribution is -2.07. The molecule has 0 fully saturated rings. The largest absolute Gasteiger partial charge is 0.493 e. The Hall–Kier alpha value is -3.23. The summed E-state index contributed by atoms with van der Waals surface area (Å²) in [7, 11) is 4.87. The van der Waals surface area contributed by atoms with Crippen molar-refractivity contribution in [3.05, 3.63) is 47.4 Å². The zero-order valence-corrected chi connectivity index (χ0v) is 16.0. The van der Waals surface area contributed by atoms with Gasteiger partial charge in [-0.2, -0.15) is 5.10 Å². The Bertz CT molecular complexity index is 975. The van der Waals surface area contributed by atoms with E-state index in [0.717, 1.165) is 11.3 Å². The van der Waals surface area contributed by atoms with E-state index in [4.69, 9.17) is 9.47 Å². The highest BCUT2D eigenvalue weighted by atomic mass is 19.3. The zero-order chi connectivity index (χ0) is 20.3. The number of aryl methyl sites for hydroxylation is 1. The van der Waals surface area contributed by atoms with E-state index in [1.165, 1.54) is 20.3 Å². The van der Waals surface area contributed by atoms with E-state index >= 15 is 0 Å². The molecule has 0 saturated heterocycles. The predicted octanol–water partition coefficient (Wildman–Crippen LogP) is 3.75. The summed E-state index contributed by atoms with van der Waals surface area (Å²) >= 11 is 0. The van der Waals surface area contributed by atoms with Gasteiger partial charge in [0.1, 0.15) is 5.69 Å². The van der Waals surface area contributed by atoms with E-state index < -0.39 is 6.43 Å². The molecule has 2 aromatic heterocycles. The maximum Gasteiger partial charge on any atom is 0.280 e. The number of hydrogen-bond acceptors (Lipinski definition) is 6. The number of anilines is 1. The second kappa shape index (κ2) is 8.20. The van der Waals surface area contributed by atoms with Crippen molar-refractivity contribution in [3.8, 4) is 22.8 Å². The quantitative estimate of drug-likeness (QED) is 0.663. The molecule has 0 unspecified atom stereocenters. The number of hydrogen-bond donors (Lipinski definition) is 1.